The van der Waals surface area contributed by atoms with Crippen LogP contribution in [0.5, 0.6) is 5.75 Å². The van der Waals surface area contributed by atoms with E-state index in [9.17, 15) is 4.79 Å². The third-order valence-corrected chi connectivity index (χ3v) is 3.96. The fourth-order valence-electron chi connectivity index (χ4n) is 2.73. The number of aryl methyl sites for hydroxylation is 1. The Morgan fingerprint density at radius 3 is 2.89 bits per heavy atom. The van der Waals surface area contributed by atoms with Gasteiger partial charge in [-0.25, -0.2) is 0 Å². The van der Waals surface area contributed by atoms with Gasteiger partial charge in [-0.05, 0) is 49.3 Å². The van der Waals surface area contributed by atoms with Gasteiger partial charge in [0, 0.05) is 12.0 Å². The standard InChI is InChI=1S/C15H19NO2/c1-18-14-4-2-3-10-7-8-12(9-13(10)14)16-15(17)11-5-6-11/h2-4,11-12H,5-9H2,1H3,(H,16,17). The van der Waals surface area contributed by atoms with Crippen LogP contribution >= 0.6 is 0 Å². The van der Waals surface area contributed by atoms with Gasteiger partial charge in [0.05, 0.1) is 7.11 Å². The zero-order valence-electron chi connectivity index (χ0n) is 10.7. The maximum atomic E-state index is 11.8. The van der Waals surface area contributed by atoms with Crippen LogP contribution in [0.25, 0.3) is 0 Å². The predicted molar refractivity (Wildman–Crippen MR) is 69.7 cm³/mol. The number of fused-ring (bicyclic) bond motifs is 1. The largest absolute Gasteiger partial charge is 0.496 e. The molecule has 1 N–H and O–H groups in total. The summed E-state index contributed by atoms with van der Waals surface area (Å²) in [7, 11) is 1.71. The van der Waals surface area contributed by atoms with E-state index in [1.54, 1.807) is 7.11 Å². The average Bonchev–Trinajstić information content (AvgIpc) is 3.22. The van der Waals surface area contributed by atoms with Crippen molar-refractivity contribution in [3.05, 3.63) is 29.3 Å². The van der Waals surface area contributed by atoms with Gasteiger partial charge in [-0.15, -0.1) is 0 Å². The first-order valence-corrected chi connectivity index (χ1v) is 6.73. The lowest BCUT2D eigenvalue weighted by Gasteiger charge is -2.26. The Labute approximate surface area is 108 Å². The summed E-state index contributed by atoms with van der Waals surface area (Å²) in [4.78, 5) is 11.8. The number of methoxy groups -OCH3 is 1. The van der Waals surface area contributed by atoms with Crippen LogP contribution in [0.2, 0.25) is 0 Å². The highest BCUT2D eigenvalue weighted by Gasteiger charge is 2.32. The number of rotatable bonds is 3. The number of ether oxygens (including phenoxy) is 1. The van der Waals surface area contributed by atoms with Gasteiger partial charge < -0.3 is 10.1 Å². The van der Waals surface area contributed by atoms with Crippen molar-refractivity contribution < 1.29 is 9.53 Å². The molecule has 1 fully saturated rings. The number of hydrogen-bond donors (Lipinski definition) is 1. The van der Waals surface area contributed by atoms with E-state index in [0.717, 1.165) is 37.9 Å². The minimum absolute atomic E-state index is 0.248. The Morgan fingerprint density at radius 2 is 2.17 bits per heavy atom. The monoisotopic (exact) mass is 245 g/mol. The van der Waals surface area contributed by atoms with Crippen LogP contribution in [-0.4, -0.2) is 19.1 Å². The van der Waals surface area contributed by atoms with E-state index >= 15 is 0 Å². The van der Waals surface area contributed by atoms with Crippen LogP contribution in [0.4, 0.5) is 0 Å². The fourth-order valence-corrected chi connectivity index (χ4v) is 2.73. The molecule has 3 nitrogen and oxygen atoms in total. The smallest absolute Gasteiger partial charge is 0.223 e. The van der Waals surface area contributed by atoms with Crippen molar-refractivity contribution in [2.45, 2.75) is 38.1 Å². The molecular formula is C15H19NO2. The second kappa shape index (κ2) is 4.63. The maximum Gasteiger partial charge on any atom is 0.223 e. The summed E-state index contributed by atoms with van der Waals surface area (Å²) >= 11 is 0. The Hall–Kier alpha value is -1.51. The van der Waals surface area contributed by atoms with Crippen molar-refractivity contribution in [1.82, 2.24) is 5.32 Å². The number of carbonyl (C=O) groups excluding carboxylic acids is 1. The van der Waals surface area contributed by atoms with Gasteiger partial charge in [-0.2, -0.15) is 0 Å². The van der Waals surface area contributed by atoms with Crippen molar-refractivity contribution in [3.8, 4) is 5.75 Å². The molecule has 2 aliphatic rings. The van der Waals surface area contributed by atoms with E-state index in [1.165, 1.54) is 11.1 Å². The lowest BCUT2D eigenvalue weighted by molar-refractivity contribution is -0.123. The van der Waals surface area contributed by atoms with E-state index in [0.29, 0.717) is 5.92 Å². The summed E-state index contributed by atoms with van der Waals surface area (Å²) in [6.45, 7) is 0. The van der Waals surface area contributed by atoms with Gasteiger partial charge in [-0.1, -0.05) is 12.1 Å². The molecule has 3 heteroatoms. The summed E-state index contributed by atoms with van der Waals surface area (Å²) in [6, 6.07) is 6.49. The van der Waals surface area contributed by atoms with Crippen LogP contribution in [0.15, 0.2) is 18.2 Å². The highest BCUT2D eigenvalue weighted by molar-refractivity contribution is 5.81. The molecule has 1 aromatic carbocycles. The minimum Gasteiger partial charge on any atom is -0.496 e. The molecule has 0 bridgehead atoms. The molecule has 0 spiro atoms. The van der Waals surface area contributed by atoms with Gasteiger partial charge in [0.25, 0.3) is 0 Å². The van der Waals surface area contributed by atoms with Crippen LogP contribution in [0, 0.1) is 5.92 Å². The SMILES string of the molecule is COc1cccc2c1CC(NC(=O)C1CC1)CC2. The molecule has 96 valence electrons. The van der Waals surface area contributed by atoms with Crippen LogP contribution in [0.1, 0.15) is 30.4 Å². The Balaban J connectivity index is 1.73. The molecule has 0 saturated heterocycles. The van der Waals surface area contributed by atoms with Gasteiger partial charge in [0.15, 0.2) is 0 Å². The Kier molecular flexibility index (Phi) is 2.98. The van der Waals surface area contributed by atoms with E-state index < -0.39 is 0 Å². The summed E-state index contributed by atoms with van der Waals surface area (Å²) in [6.07, 6.45) is 5.11. The second-order valence-corrected chi connectivity index (χ2v) is 5.32. The first-order valence-electron chi connectivity index (χ1n) is 6.73. The maximum absolute atomic E-state index is 11.8. The van der Waals surface area contributed by atoms with Crippen LogP contribution in [0.3, 0.4) is 0 Å². The molecule has 0 radical (unpaired) electrons. The minimum atomic E-state index is 0.248. The van der Waals surface area contributed by atoms with Crippen LogP contribution in [-0.2, 0) is 17.6 Å². The lowest BCUT2D eigenvalue weighted by Crippen LogP contribution is -2.39. The average molecular weight is 245 g/mol. The number of hydrogen-bond acceptors (Lipinski definition) is 2. The van der Waals surface area contributed by atoms with Gasteiger partial charge in [0.2, 0.25) is 5.91 Å². The molecule has 1 aromatic rings. The normalized spacial score (nSPS) is 22.2. The quantitative estimate of drug-likeness (QED) is 0.885. The molecule has 1 unspecified atom stereocenters. The van der Waals surface area contributed by atoms with E-state index in [-0.39, 0.29) is 11.9 Å². The molecule has 2 aliphatic carbocycles. The number of nitrogens with one attached hydrogen (secondary N) is 1. The molecule has 18 heavy (non-hydrogen) atoms. The Bertz CT molecular complexity index is 451. The number of carbonyl (C=O) groups is 1. The summed E-state index contributed by atoms with van der Waals surface area (Å²) in [5.41, 5.74) is 2.64. The Morgan fingerprint density at radius 1 is 1.33 bits per heavy atom. The highest BCUT2D eigenvalue weighted by atomic mass is 16.5. The van der Waals surface area contributed by atoms with Crippen molar-refractivity contribution in [2.24, 2.45) is 5.92 Å². The van der Waals surface area contributed by atoms with Gasteiger partial charge in [0.1, 0.15) is 5.75 Å². The van der Waals surface area contributed by atoms with E-state index in [1.807, 2.05) is 12.1 Å². The second-order valence-electron chi connectivity index (χ2n) is 5.32. The highest BCUT2D eigenvalue weighted by Crippen LogP contribution is 2.32. The van der Waals surface area contributed by atoms with Gasteiger partial charge >= 0.3 is 0 Å². The molecular weight excluding hydrogens is 226 g/mol. The van der Waals surface area contributed by atoms with Crippen LogP contribution < -0.4 is 10.1 Å². The van der Waals surface area contributed by atoms with Crippen molar-refractivity contribution >= 4 is 5.91 Å². The lowest BCUT2D eigenvalue weighted by atomic mass is 9.87. The number of amides is 1. The molecule has 0 aliphatic heterocycles. The van der Waals surface area contributed by atoms with Gasteiger partial charge in [-0.3, -0.25) is 4.79 Å². The first kappa shape index (κ1) is 11.6. The number of benzene rings is 1. The van der Waals surface area contributed by atoms with E-state index in [2.05, 4.69) is 11.4 Å². The molecule has 1 amide bonds. The fraction of sp³-hybridized carbons (Fsp3) is 0.533. The summed E-state index contributed by atoms with van der Waals surface area (Å²) < 4.78 is 5.41. The molecule has 1 atom stereocenters. The molecule has 0 aromatic heterocycles. The topological polar surface area (TPSA) is 38.3 Å². The zero-order valence-corrected chi connectivity index (χ0v) is 10.7. The molecule has 3 rings (SSSR count). The first-order chi connectivity index (χ1) is 8.78. The third kappa shape index (κ3) is 2.22. The van der Waals surface area contributed by atoms with E-state index in [4.69, 9.17) is 4.74 Å². The van der Waals surface area contributed by atoms with Crippen molar-refractivity contribution in [1.29, 1.82) is 0 Å². The summed E-state index contributed by atoms with van der Waals surface area (Å²) in [5, 5.41) is 3.18. The molecule has 0 heterocycles. The summed E-state index contributed by atoms with van der Waals surface area (Å²) in [5.74, 6) is 1.50. The van der Waals surface area contributed by atoms with Crippen molar-refractivity contribution in [3.63, 3.8) is 0 Å². The predicted octanol–water partition coefficient (Wildman–Crippen LogP) is 2.08. The zero-order chi connectivity index (χ0) is 12.5. The van der Waals surface area contributed by atoms with Crippen molar-refractivity contribution in [2.75, 3.05) is 7.11 Å². The molecule has 1 saturated carbocycles. The third-order valence-electron chi connectivity index (χ3n) is 3.96.